The summed E-state index contributed by atoms with van der Waals surface area (Å²) in [5, 5.41) is 9.17. The lowest BCUT2D eigenvalue weighted by Crippen LogP contribution is -2.36. The van der Waals surface area contributed by atoms with Crippen LogP contribution in [0.3, 0.4) is 0 Å². The van der Waals surface area contributed by atoms with Crippen LogP contribution in [0.2, 0.25) is 0 Å². The van der Waals surface area contributed by atoms with Gasteiger partial charge in [0.1, 0.15) is 11.2 Å². The first-order chi connectivity index (χ1) is 13.1. The number of rotatable bonds is 9. The molecule has 1 aromatic rings. The molecule has 0 aliphatic carbocycles. The lowest BCUT2D eigenvalue weighted by Gasteiger charge is -2.13. The number of imide groups is 1. The average molecular weight is 451 g/mol. The van der Waals surface area contributed by atoms with Gasteiger partial charge in [0.2, 0.25) is 0 Å². The summed E-state index contributed by atoms with van der Waals surface area (Å²) in [6, 6.07) is 2.80. The van der Waals surface area contributed by atoms with Gasteiger partial charge in [0.25, 0.3) is 27.6 Å². The number of carbonyl (C=O) groups excluding carboxylic acids is 3. The number of nitrogens with zero attached hydrogens (tertiary/aromatic N) is 3. The molecule has 0 spiro atoms. The van der Waals surface area contributed by atoms with E-state index < -0.39 is 44.5 Å². The summed E-state index contributed by atoms with van der Waals surface area (Å²) in [6.07, 6.45) is 0.514. The van der Waals surface area contributed by atoms with Gasteiger partial charge < -0.3 is 4.84 Å². The third-order valence-electron chi connectivity index (χ3n) is 3.30. The van der Waals surface area contributed by atoms with Crippen molar-refractivity contribution in [2.45, 2.75) is 29.5 Å². The molecule has 1 atom stereocenters. The number of hydrogen-bond acceptors (Lipinski definition) is 11. The molecule has 152 valence electrons. The predicted molar refractivity (Wildman–Crippen MR) is 96.3 cm³/mol. The van der Waals surface area contributed by atoms with Gasteiger partial charge in [-0.15, -0.1) is 5.06 Å². The van der Waals surface area contributed by atoms with Crippen LogP contribution >= 0.6 is 21.6 Å². The van der Waals surface area contributed by atoms with Gasteiger partial charge in [-0.3, -0.25) is 24.3 Å². The summed E-state index contributed by atoms with van der Waals surface area (Å²) in [7, 11) is -2.19. The second-order valence-electron chi connectivity index (χ2n) is 5.32. The van der Waals surface area contributed by atoms with Crippen molar-refractivity contribution >= 4 is 55.2 Å². The Balaban J connectivity index is 1.71. The largest absolute Gasteiger partial charge is 0.333 e. The van der Waals surface area contributed by atoms with E-state index in [1.165, 1.54) is 33.7 Å². The number of pyridine rings is 1. The maximum atomic E-state index is 11.7. The highest BCUT2D eigenvalue weighted by Gasteiger charge is 2.48. The second-order valence-corrected chi connectivity index (χ2v) is 9.35. The monoisotopic (exact) mass is 451 g/mol. The van der Waals surface area contributed by atoms with Crippen molar-refractivity contribution in [3.8, 4) is 0 Å². The lowest BCUT2D eigenvalue weighted by atomic mass is 10.3. The fraction of sp³-hybridized carbons (Fsp3) is 0.385. The Bertz CT molecular complexity index is 888. The Labute approximate surface area is 166 Å². The number of hydrogen-bond donors (Lipinski definition) is 1. The van der Waals surface area contributed by atoms with Crippen molar-refractivity contribution in [1.82, 2.24) is 10.0 Å². The minimum atomic E-state index is -4.76. The molecule has 12 nitrogen and oxygen atoms in total. The van der Waals surface area contributed by atoms with Crippen molar-refractivity contribution in [3.63, 3.8) is 0 Å². The zero-order chi connectivity index (χ0) is 20.9. The maximum absolute atomic E-state index is 11.7. The normalized spacial score (nSPS) is 17.0. The van der Waals surface area contributed by atoms with Gasteiger partial charge in [-0.1, -0.05) is 10.8 Å². The summed E-state index contributed by atoms with van der Waals surface area (Å²) in [6.45, 7) is 0. The first kappa shape index (κ1) is 22.1. The van der Waals surface area contributed by atoms with E-state index in [9.17, 15) is 32.9 Å². The van der Waals surface area contributed by atoms with E-state index in [4.69, 9.17) is 4.55 Å². The van der Waals surface area contributed by atoms with Gasteiger partial charge >= 0.3 is 5.97 Å². The first-order valence-electron chi connectivity index (χ1n) is 7.53. The molecule has 1 aromatic heterocycles. The maximum Gasteiger partial charge on any atom is 0.333 e. The molecule has 0 bridgehead atoms. The molecule has 0 saturated carbocycles. The molecule has 1 aliphatic rings. The van der Waals surface area contributed by atoms with Crippen LogP contribution in [0.1, 0.15) is 19.3 Å². The summed E-state index contributed by atoms with van der Waals surface area (Å²) >= 11 is 0. The van der Waals surface area contributed by atoms with Gasteiger partial charge in [-0.25, -0.2) is 9.78 Å². The van der Waals surface area contributed by atoms with E-state index in [0.717, 1.165) is 6.20 Å². The third-order valence-corrected chi connectivity index (χ3v) is 6.74. The lowest BCUT2D eigenvalue weighted by molar-refractivity contribution is -0.385. The Kier molecular flexibility index (Phi) is 7.34. The smallest absolute Gasteiger partial charge is 0.330 e. The van der Waals surface area contributed by atoms with E-state index in [0.29, 0.717) is 17.2 Å². The van der Waals surface area contributed by atoms with Crippen LogP contribution in [-0.4, -0.2) is 56.7 Å². The van der Waals surface area contributed by atoms with Crippen LogP contribution in [0.15, 0.2) is 23.4 Å². The fourth-order valence-electron chi connectivity index (χ4n) is 1.97. The standard InChI is InChI=1S/C13H13N3O9S3/c17-11-6-9(28(22,23)24)13(19)15(11)25-12(18)2-1-5-26-27-10-4-3-8(7-14-10)16(20)21/h3-4,7,9H,1-2,5-6H2,(H,22,23,24). The fourth-order valence-corrected chi connectivity index (χ4v) is 4.62. The summed E-state index contributed by atoms with van der Waals surface area (Å²) in [4.78, 5) is 53.5. The number of nitro groups is 1. The zero-order valence-electron chi connectivity index (χ0n) is 13.9. The SMILES string of the molecule is O=C(CCCSSc1ccc([N+](=O)[O-])cn1)ON1C(=O)CC(S(=O)(=O)O)C1=O. The molecule has 0 radical (unpaired) electrons. The van der Waals surface area contributed by atoms with E-state index >= 15 is 0 Å². The minimum absolute atomic E-state index is 0.0590. The molecule has 28 heavy (non-hydrogen) atoms. The highest BCUT2D eigenvalue weighted by atomic mass is 33.1. The summed E-state index contributed by atoms with van der Waals surface area (Å²) in [5.41, 5.74) is -0.126. The topological polar surface area (TPSA) is 174 Å². The summed E-state index contributed by atoms with van der Waals surface area (Å²) < 4.78 is 30.9. The Morgan fingerprint density at radius 1 is 1.43 bits per heavy atom. The Morgan fingerprint density at radius 3 is 2.68 bits per heavy atom. The minimum Gasteiger partial charge on any atom is -0.330 e. The van der Waals surface area contributed by atoms with Crippen molar-refractivity contribution < 1.29 is 37.1 Å². The summed E-state index contributed by atoms with van der Waals surface area (Å²) in [5.74, 6) is -2.78. The van der Waals surface area contributed by atoms with Gasteiger partial charge in [0.15, 0.2) is 5.25 Å². The third kappa shape index (κ3) is 5.88. The van der Waals surface area contributed by atoms with Crippen LogP contribution in [-0.2, 0) is 29.3 Å². The number of carbonyl (C=O) groups is 3. The molecule has 1 fully saturated rings. The van der Waals surface area contributed by atoms with Crippen molar-refractivity contribution in [3.05, 3.63) is 28.4 Å². The highest BCUT2D eigenvalue weighted by Crippen LogP contribution is 2.30. The Morgan fingerprint density at radius 2 is 2.14 bits per heavy atom. The van der Waals surface area contributed by atoms with E-state index in [1.807, 2.05) is 0 Å². The Hall–Kier alpha value is -2.23. The molecule has 1 saturated heterocycles. The van der Waals surface area contributed by atoms with Gasteiger partial charge in [-0.2, -0.15) is 8.42 Å². The number of hydroxylamine groups is 2. The van der Waals surface area contributed by atoms with Gasteiger partial charge in [-0.05, 0) is 23.3 Å². The molecule has 1 N–H and O–H groups in total. The number of amides is 2. The quantitative estimate of drug-likeness (QED) is 0.141. The zero-order valence-corrected chi connectivity index (χ0v) is 16.4. The first-order valence-corrected chi connectivity index (χ1v) is 11.4. The van der Waals surface area contributed by atoms with Crippen molar-refractivity contribution in [1.29, 1.82) is 0 Å². The van der Waals surface area contributed by atoms with Crippen LogP contribution < -0.4 is 0 Å². The van der Waals surface area contributed by atoms with Crippen LogP contribution in [0.25, 0.3) is 0 Å². The number of aromatic nitrogens is 1. The average Bonchev–Trinajstić information content (AvgIpc) is 2.90. The van der Waals surface area contributed by atoms with Crippen LogP contribution in [0, 0.1) is 10.1 Å². The van der Waals surface area contributed by atoms with E-state index in [1.54, 1.807) is 0 Å². The van der Waals surface area contributed by atoms with E-state index in [-0.39, 0.29) is 17.2 Å². The van der Waals surface area contributed by atoms with Crippen molar-refractivity contribution in [2.75, 3.05) is 5.75 Å². The molecule has 1 aliphatic heterocycles. The van der Waals surface area contributed by atoms with Crippen LogP contribution in [0.4, 0.5) is 5.69 Å². The van der Waals surface area contributed by atoms with Gasteiger partial charge in [0, 0.05) is 18.2 Å². The highest BCUT2D eigenvalue weighted by molar-refractivity contribution is 8.76. The van der Waals surface area contributed by atoms with Crippen molar-refractivity contribution in [2.24, 2.45) is 0 Å². The second kappa shape index (κ2) is 9.31. The molecule has 2 amide bonds. The van der Waals surface area contributed by atoms with Gasteiger partial charge in [0.05, 0.1) is 11.3 Å². The molecular formula is C13H13N3O9S3. The molecule has 1 unspecified atom stereocenters. The molecule has 0 aromatic carbocycles. The molecular weight excluding hydrogens is 438 g/mol. The van der Waals surface area contributed by atoms with E-state index in [2.05, 4.69) is 9.82 Å². The van der Waals surface area contributed by atoms with Crippen LogP contribution in [0.5, 0.6) is 0 Å². The molecule has 2 rings (SSSR count). The predicted octanol–water partition coefficient (Wildman–Crippen LogP) is 0.984. The molecule has 2 heterocycles. The molecule has 15 heteroatoms.